The molecule has 0 fully saturated rings. The van der Waals surface area contributed by atoms with Crippen LogP contribution < -0.4 is 25.7 Å². The average Bonchev–Trinajstić information content (AvgIpc) is 3.44. The van der Waals surface area contributed by atoms with E-state index in [1.165, 1.54) is 0 Å². The number of nitrogens with one attached hydrogen (secondary N) is 1. The van der Waals surface area contributed by atoms with Crippen molar-refractivity contribution in [2.75, 3.05) is 13.2 Å². The maximum Gasteiger partial charge on any atom is 0.267 e. The van der Waals surface area contributed by atoms with Crippen LogP contribution in [0.25, 0.3) is 33.9 Å². The lowest BCUT2D eigenvalue weighted by atomic mass is 10.0. The minimum atomic E-state index is -0.234. The Morgan fingerprint density at radius 1 is 1.07 bits per heavy atom. The third-order valence-corrected chi connectivity index (χ3v) is 7.58. The number of fused-ring (bicyclic) bond motifs is 4. The zero-order chi connectivity index (χ0) is 27.8. The molecule has 2 aliphatic heterocycles. The van der Waals surface area contributed by atoms with E-state index < -0.39 is 0 Å². The SMILES string of the molecule is CCC1CC=c2c(n(-c3ccnc(-c4ccccc4)c3)c(=O)c3cn[nH]c23)=NC1=NCC1COc2ccccc2O1. The normalized spacial score (nSPS) is 18.8. The lowest BCUT2D eigenvalue weighted by molar-refractivity contribution is 0.0971. The topological polar surface area (TPSA) is 107 Å². The molecule has 9 nitrogen and oxygen atoms in total. The number of hydrogen-bond acceptors (Lipinski definition) is 6. The van der Waals surface area contributed by atoms with E-state index in [-0.39, 0.29) is 17.6 Å². The van der Waals surface area contributed by atoms with Crippen LogP contribution in [0.15, 0.2) is 93.9 Å². The van der Waals surface area contributed by atoms with E-state index in [0.717, 1.165) is 40.8 Å². The average molecular weight is 545 g/mol. The van der Waals surface area contributed by atoms with Crippen LogP contribution in [0.3, 0.4) is 0 Å². The number of aliphatic imine (C=N–C) groups is 1. The van der Waals surface area contributed by atoms with Crippen molar-refractivity contribution in [2.45, 2.75) is 25.9 Å². The Morgan fingerprint density at radius 2 is 1.90 bits per heavy atom. The summed E-state index contributed by atoms with van der Waals surface area (Å²) in [5, 5.41) is 8.58. The number of ether oxygens (including phenoxy) is 2. The summed E-state index contributed by atoms with van der Waals surface area (Å²) < 4.78 is 13.7. The standard InChI is InChI=1S/C32H28N6O3/c1-2-20-12-13-24-29-25(18-35-37-29)32(39)38(22-14-15-33-26(16-22)21-8-4-3-5-9-21)31(24)36-30(20)34-17-23-19-40-27-10-6-7-11-28(27)41-23/h3-11,13-16,18,20,23H,2,12,17,19H2,1H3,(H,35,37). The first-order valence-electron chi connectivity index (χ1n) is 13.8. The number of benzene rings is 2. The van der Waals surface area contributed by atoms with Gasteiger partial charge in [0.25, 0.3) is 5.56 Å². The molecule has 5 heterocycles. The summed E-state index contributed by atoms with van der Waals surface area (Å²) in [5.41, 5.74) is 3.41. The van der Waals surface area contributed by atoms with E-state index in [0.29, 0.717) is 41.1 Å². The molecule has 204 valence electrons. The smallest absolute Gasteiger partial charge is 0.267 e. The van der Waals surface area contributed by atoms with E-state index >= 15 is 0 Å². The van der Waals surface area contributed by atoms with Gasteiger partial charge < -0.3 is 9.47 Å². The Kier molecular flexibility index (Phi) is 6.39. The Hall–Kier alpha value is -5.05. The fourth-order valence-electron chi connectivity index (χ4n) is 5.40. The third kappa shape index (κ3) is 4.59. The lowest BCUT2D eigenvalue weighted by Gasteiger charge is -2.25. The summed E-state index contributed by atoms with van der Waals surface area (Å²) >= 11 is 0. The van der Waals surface area contributed by atoms with Crippen LogP contribution in [0.5, 0.6) is 11.5 Å². The molecule has 3 aromatic heterocycles. The summed E-state index contributed by atoms with van der Waals surface area (Å²) in [6.45, 7) is 2.93. The minimum Gasteiger partial charge on any atom is -0.486 e. The molecular weight excluding hydrogens is 516 g/mol. The predicted molar refractivity (Wildman–Crippen MR) is 157 cm³/mol. The van der Waals surface area contributed by atoms with Gasteiger partial charge in [-0.2, -0.15) is 5.10 Å². The van der Waals surface area contributed by atoms with Gasteiger partial charge in [0.05, 0.1) is 35.0 Å². The second-order valence-electron chi connectivity index (χ2n) is 10.2. The summed E-state index contributed by atoms with van der Waals surface area (Å²) in [4.78, 5) is 28.6. The molecular formula is C32H28N6O3. The van der Waals surface area contributed by atoms with Gasteiger partial charge in [0.15, 0.2) is 23.1 Å². The lowest BCUT2D eigenvalue weighted by Crippen LogP contribution is -2.43. The van der Waals surface area contributed by atoms with Crippen LogP contribution in [0.1, 0.15) is 19.8 Å². The molecule has 9 heteroatoms. The van der Waals surface area contributed by atoms with Gasteiger partial charge in [0.1, 0.15) is 12.4 Å². The highest BCUT2D eigenvalue weighted by molar-refractivity contribution is 5.88. The molecule has 5 aromatic rings. The zero-order valence-corrected chi connectivity index (χ0v) is 22.5. The van der Waals surface area contributed by atoms with E-state index in [4.69, 9.17) is 19.5 Å². The van der Waals surface area contributed by atoms with Crippen molar-refractivity contribution >= 4 is 22.8 Å². The van der Waals surface area contributed by atoms with Gasteiger partial charge in [-0.05, 0) is 37.1 Å². The maximum atomic E-state index is 13.9. The number of amidine groups is 1. The van der Waals surface area contributed by atoms with Gasteiger partial charge in [-0.25, -0.2) is 4.99 Å². The van der Waals surface area contributed by atoms with Crippen molar-refractivity contribution < 1.29 is 9.47 Å². The van der Waals surface area contributed by atoms with Gasteiger partial charge in [0, 0.05) is 22.9 Å². The highest BCUT2D eigenvalue weighted by Crippen LogP contribution is 2.31. The minimum absolute atomic E-state index is 0.0815. The van der Waals surface area contributed by atoms with Crippen molar-refractivity contribution in [1.29, 1.82) is 0 Å². The first kappa shape index (κ1) is 25.0. The molecule has 0 aliphatic carbocycles. The second kappa shape index (κ2) is 10.5. The van der Waals surface area contributed by atoms with Crippen molar-refractivity contribution in [3.05, 3.63) is 100 Å². The Labute approximate surface area is 235 Å². The monoisotopic (exact) mass is 544 g/mol. The number of pyridine rings is 2. The maximum absolute atomic E-state index is 13.9. The number of aromatic amines is 1. The fourth-order valence-corrected chi connectivity index (χ4v) is 5.40. The molecule has 0 spiro atoms. The van der Waals surface area contributed by atoms with Gasteiger partial charge in [-0.1, -0.05) is 55.5 Å². The van der Waals surface area contributed by atoms with Crippen LogP contribution in [0, 0.1) is 5.92 Å². The summed E-state index contributed by atoms with van der Waals surface area (Å²) in [6.07, 6.45) is 6.79. The second-order valence-corrected chi connectivity index (χ2v) is 10.2. The summed E-state index contributed by atoms with van der Waals surface area (Å²) in [6, 6.07) is 21.3. The van der Waals surface area contributed by atoms with Gasteiger partial charge in [-0.3, -0.25) is 24.4 Å². The van der Waals surface area contributed by atoms with Crippen LogP contribution in [-0.4, -0.2) is 44.8 Å². The first-order chi connectivity index (χ1) is 20.2. The van der Waals surface area contributed by atoms with E-state index in [1.807, 2.05) is 66.7 Å². The van der Waals surface area contributed by atoms with Crippen molar-refractivity contribution in [1.82, 2.24) is 19.7 Å². The molecule has 1 N–H and O–H groups in total. The van der Waals surface area contributed by atoms with Crippen LogP contribution in [0.4, 0.5) is 0 Å². The molecule has 0 saturated heterocycles. The Morgan fingerprint density at radius 3 is 2.76 bits per heavy atom. The largest absolute Gasteiger partial charge is 0.486 e. The zero-order valence-electron chi connectivity index (χ0n) is 22.5. The number of aromatic nitrogens is 4. The molecule has 0 saturated carbocycles. The molecule has 2 atom stereocenters. The third-order valence-electron chi connectivity index (χ3n) is 7.58. The highest BCUT2D eigenvalue weighted by atomic mass is 16.6. The van der Waals surface area contributed by atoms with E-state index in [1.54, 1.807) is 17.0 Å². The molecule has 2 aromatic carbocycles. The Balaban J connectivity index is 1.37. The molecule has 41 heavy (non-hydrogen) atoms. The van der Waals surface area contributed by atoms with Gasteiger partial charge in [-0.15, -0.1) is 0 Å². The number of H-pyrrole nitrogens is 1. The van der Waals surface area contributed by atoms with Gasteiger partial charge in [0.2, 0.25) is 0 Å². The van der Waals surface area contributed by atoms with Crippen LogP contribution >= 0.6 is 0 Å². The predicted octanol–water partition coefficient (Wildman–Crippen LogP) is 3.84. The molecule has 0 bridgehead atoms. The number of nitrogens with zero attached hydrogens (tertiary/aromatic N) is 5. The van der Waals surface area contributed by atoms with Crippen LogP contribution in [-0.2, 0) is 0 Å². The van der Waals surface area contributed by atoms with E-state index in [2.05, 4.69) is 28.2 Å². The highest BCUT2D eigenvalue weighted by Gasteiger charge is 2.23. The van der Waals surface area contributed by atoms with Crippen molar-refractivity contribution in [3.63, 3.8) is 0 Å². The molecule has 7 rings (SSSR count). The molecule has 0 radical (unpaired) electrons. The van der Waals surface area contributed by atoms with Gasteiger partial charge >= 0.3 is 0 Å². The van der Waals surface area contributed by atoms with Crippen LogP contribution in [0.2, 0.25) is 0 Å². The quantitative estimate of drug-likeness (QED) is 0.362. The summed E-state index contributed by atoms with van der Waals surface area (Å²) in [5.74, 6) is 2.23. The van der Waals surface area contributed by atoms with E-state index in [9.17, 15) is 4.79 Å². The molecule has 0 amide bonds. The Bertz CT molecular complexity index is 1960. The fraction of sp³-hybridized carbons (Fsp3) is 0.219. The number of rotatable bonds is 5. The number of para-hydroxylation sites is 2. The molecule has 2 unspecified atom stereocenters. The molecule has 2 aliphatic rings. The summed E-state index contributed by atoms with van der Waals surface area (Å²) in [7, 11) is 0. The number of hydrogen-bond donors (Lipinski definition) is 1. The first-order valence-corrected chi connectivity index (χ1v) is 13.8. The van der Waals surface area contributed by atoms with Crippen molar-refractivity contribution in [2.24, 2.45) is 15.9 Å². The van der Waals surface area contributed by atoms with Crippen molar-refractivity contribution in [3.8, 4) is 28.4 Å².